The monoisotopic (exact) mass is 396 g/mol. The van der Waals surface area contributed by atoms with Crippen LogP contribution in [0.4, 0.5) is 10.1 Å². The zero-order valence-electron chi connectivity index (χ0n) is 11.2. The Morgan fingerprint density at radius 2 is 2.10 bits per heavy atom. The highest BCUT2D eigenvalue weighted by Gasteiger charge is 2.26. The lowest BCUT2D eigenvalue weighted by Gasteiger charge is -2.25. The highest BCUT2D eigenvalue weighted by molar-refractivity contribution is 14.1. The summed E-state index contributed by atoms with van der Waals surface area (Å²) in [4.78, 5) is 12.5. The fraction of sp³-hybridized carbons (Fsp3) is 0.188. The van der Waals surface area contributed by atoms with Crippen molar-refractivity contribution in [3.8, 4) is 0 Å². The molecule has 2 aromatic rings. The number of halogens is 2. The van der Waals surface area contributed by atoms with E-state index in [1.165, 1.54) is 12.1 Å². The summed E-state index contributed by atoms with van der Waals surface area (Å²) in [7, 11) is 0. The van der Waals surface area contributed by atoms with Gasteiger partial charge in [-0.25, -0.2) is 4.39 Å². The second kappa shape index (κ2) is 6.11. The quantitative estimate of drug-likeness (QED) is 0.766. The van der Waals surface area contributed by atoms with E-state index in [1.54, 1.807) is 6.07 Å². The molecule has 5 heteroatoms. The molecule has 2 N–H and O–H groups in total. The van der Waals surface area contributed by atoms with Gasteiger partial charge in [-0.3, -0.25) is 4.79 Å². The summed E-state index contributed by atoms with van der Waals surface area (Å²) in [5, 5.41) is 6.15. The molecule has 0 radical (unpaired) electrons. The van der Waals surface area contributed by atoms with E-state index in [0.717, 1.165) is 17.7 Å². The third-order valence-corrected chi connectivity index (χ3v) is 4.49. The van der Waals surface area contributed by atoms with Crippen LogP contribution in [-0.4, -0.2) is 12.5 Å². The molecule has 2 aromatic carbocycles. The zero-order chi connectivity index (χ0) is 14.8. The van der Waals surface area contributed by atoms with Gasteiger partial charge in [0.15, 0.2) is 0 Å². The molecule has 0 saturated carbocycles. The summed E-state index contributed by atoms with van der Waals surface area (Å²) < 4.78 is 13.8. The molecule has 3 rings (SSSR count). The molecule has 1 unspecified atom stereocenters. The molecule has 0 saturated heterocycles. The number of nitrogens with one attached hydrogen (secondary N) is 2. The fourth-order valence-electron chi connectivity index (χ4n) is 2.54. The SMILES string of the molecule is O=C(Nc1ccc(F)cc1I)C1CNCc2ccccc21. The van der Waals surface area contributed by atoms with Gasteiger partial charge in [-0.2, -0.15) is 0 Å². The molecule has 1 heterocycles. The molecule has 0 spiro atoms. The van der Waals surface area contributed by atoms with Crippen molar-refractivity contribution in [2.45, 2.75) is 12.5 Å². The largest absolute Gasteiger partial charge is 0.325 e. The van der Waals surface area contributed by atoms with Gasteiger partial charge in [0.05, 0.1) is 11.6 Å². The number of rotatable bonds is 2. The summed E-state index contributed by atoms with van der Waals surface area (Å²) >= 11 is 2.02. The van der Waals surface area contributed by atoms with Crippen LogP contribution < -0.4 is 10.6 Å². The van der Waals surface area contributed by atoms with Crippen LogP contribution in [0, 0.1) is 9.39 Å². The van der Waals surface area contributed by atoms with E-state index in [9.17, 15) is 9.18 Å². The maximum absolute atomic E-state index is 13.1. The van der Waals surface area contributed by atoms with Crippen molar-refractivity contribution in [2.75, 3.05) is 11.9 Å². The number of hydrogen-bond acceptors (Lipinski definition) is 2. The lowest BCUT2D eigenvalue weighted by Crippen LogP contribution is -2.35. The molecule has 1 aliphatic heterocycles. The fourth-order valence-corrected chi connectivity index (χ4v) is 3.15. The number of anilines is 1. The van der Waals surface area contributed by atoms with Gasteiger partial charge in [-0.1, -0.05) is 24.3 Å². The average Bonchev–Trinajstić information content (AvgIpc) is 2.49. The summed E-state index contributed by atoms with van der Waals surface area (Å²) in [5.41, 5.74) is 2.86. The molecular weight excluding hydrogens is 382 g/mol. The summed E-state index contributed by atoms with van der Waals surface area (Å²) in [5.74, 6) is -0.600. The van der Waals surface area contributed by atoms with Gasteiger partial charge < -0.3 is 10.6 Å². The number of amides is 1. The minimum atomic E-state index is -0.304. The van der Waals surface area contributed by atoms with Crippen LogP contribution in [0.5, 0.6) is 0 Å². The first kappa shape index (κ1) is 14.5. The predicted molar refractivity (Wildman–Crippen MR) is 88.6 cm³/mol. The predicted octanol–water partition coefficient (Wildman–Crippen LogP) is 3.26. The average molecular weight is 396 g/mol. The van der Waals surface area contributed by atoms with Crippen molar-refractivity contribution in [1.82, 2.24) is 5.32 Å². The van der Waals surface area contributed by atoms with Crippen LogP contribution in [0.25, 0.3) is 0 Å². The molecule has 3 nitrogen and oxygen atoms in total. The minimum absolute atomic E-state index is 0.0702. The van der Waals surface area contributed by atoms with E-state index < -0.39 is 0 Å². The first-order valence-corrected chi connectivity index (χ1v) is 7.77. The second-order valence-electron chi connectivity index (χ2n) is 5.00. The molecule has 0 aliphatic carbocycles. The lowest BCUT2D eigenvalue weighted by atomic mass is 9.90. The van der Waals surface area contributed by atoms with Crippen molar-refractivity contribution in [1.29, 1.82) is 0 Å². The highest BCUT2D eigenvalue weighted by atomic mass is 127. The van der Waals surface area contributed by atoms with Gasteiger partial charge in [0.2, 0.25) is 5.91 Å². The Labute approximate surface area is 136 Å². The molecule has 0 fully saturated rings. The van der Waals surface area contributed by atoms with Crippen LogP contribution >= 0.6 is 22.6 Å². The Morgan fingerprint density at radius 1 is 1.29 bits per heavy atom. The van der Waals surface area contributed by atoms with Crippen LogP contribution in [-0.2, 0) is 11.3 Å². The molecule has 108 valence electrons. The summed E-state index contributed by atoms with van der Waals surface area (Å²) in [6, 6.07) is 12.3. The van der Waals surface area contributed by atoms with Gasteiger partial charge >= 0.3 is 0 Å². The molecule has 0 aromatic heterocycles. The van der Waals surface area contributed by atoms with E-state index in [-0.39, 0.29) is 17.6 Å². The van der Waals surface area contributed by atoms with Crippen LogP contribution in [0.1, 0.15) is 17.0 Å². The normalized spacial score (nSPS) is 17.1. The Kier molecular flexibility index (Phi) is 4.21. The van der Waals surface area contributed by atoms with Crippen LogP contribution in [0.3, 0.4) is 0 Å². The molecule has 0 bridgehead atoms. The number of carbonyl (C=O) groups excluding carboxylic acids is 1. The van der Waals surface area contributed by atoms with E-state index in [0.29, 0.717) is 15.8 Å². The third-order valence-electron chi connectivity index (χ3n) is 3.60. The standard InChI is InChI=1S/C16H14FIN2O/c17-11-5-6-15(14(18)7-11)20-16(21)13-9-19-8-10-3-1-2-4-12(10)13/h1-7,13,19H,8-9H2,(H,20,21). The van der Waals surface area contributed by atoms with Crippen LogP contribution in [0.2, 0.25) is 0 Å². The maximum atomic E-state index is 13.1. The van der Waals surface area contributed by atoms with Crippen molar-refractivity contribution in [2.24, 2.45) is 0 Å². The first-order valence-electron chi connectivity index (χ1n) is 6.69. The Morgan fingerprint density at radius 3 is 2.90 bits per heavy atom. The lowest BCUT2D eigenvalue weighted by molar-refractivity contribution is -0.117. The Bertz CT molecular complexity index is 690. The van der Waals surface area contributed by atoms with Gasteiger partial charge in [0.1, 0.15) is 5.82 Å². The van der Waals surface area contributed by atoms with E-state index >= 15 is 0 Å². The number of carbonyl (C=O) groups is 1. The Balaban J connectivity index is 1.83. The number of fused-ring (bicyclic) bond motifs is 1. The van der Waals surface area contributed by atoms with E-state index in [1.807, 2.05) is 46.9 Å². The smallest absolute Gasteiger partial charge is 0.233 e. The van der Waals surface area contributed by atoms with Crippen molar-refractivity contribution >= 4 is 34.2 Å². The highest BCUT2D eigenvalue weighted by Crippen LogP contribution is 2.26. The van der Waals surface area contributed by atoms with E-state index in [4.69, 9.17) is 0 Å². The number of hydrogen-bond donors (Lipinski definition) is 2. The third kappa shape index (κ3) is 3.08. The minimum Gasteiger partial charge on any atom is -0.325 e. The summed E-state index contributed by atoms with van der Waals surface area (Å²) in [6.07, 6.45) is 0. The van der Waals surface area contributed by atoms with Gasteiger partial charge in [0, 0.05) is 16.7 Å². The van der Waals surface area contributed by atoms with Crippen LogP contribution in [0.15, 0.2) is 42.5 Å². The molecule has 1 aliphatic rings. The first-order chi connectivity index (χ1) is 10.1. The molecule has 1 atom stereocenters. The number of benzene rings is 2. The maximum Gasteiger partial charge on any atom is 0.233 e. The zero-order valence-corrected chi connectivity index (χ0v) is 13.4. The van der Waals surface area contributed by atoms with Gasteiger partial charge in [-0.15, -0.1) is 0 Å². The molecular formula is C16H14FIN2O. The van der Waals surface area contributed by atoms with Crippen molar-refractivity contribution in [3.63, 3.8) is 0 Å². The second-order valence-corrected chi connectivity index (χ2v) is 6.16. The molecule has 1 amide bonds. The Hall–Kier alpha value is -1.47. The summed E-state index contributed by atoms with van der Waals surface area (Å²) in [6.45, 7) is 1.40. The molecule has 21 heavy (non-hydrogen) atoms. The van der Waals surface area contributed by atoms with E-state index in [2.05, 4.69) is 10.6 Å². The van der Waals surface area contributed by atoms with Crippen molar-refractivity contribution in [3.05, 3.63) is 63.0 Å². The van der Waals surface area contributed by atoms with Gasteiger partial charge in [-0.05, 0) is 51.9 Å². The van der Waals surface area contributed by atoms with Gasteiger partial charge in [0.25, 0.3) is 0 Å². The van der Waals surface area contributed by atoms with Crippen molar-refractivity contribution < 1.29 is 9.18 Å². The topological polar surface area (TPSA) is 41.1 Å².